The number of H-pyrrole nitrogens is 1. The van der Waals surface area contributed by atoms with Crippen LogP contribution in [0.4, 0.5) is 5.82 Å². The Kier molecular flexibility index (Phi) is 3.71. The SMILES string of the molecule is Cc1cc(C)c2c(c1)CC(C(=O)c1cnn(-c3ccc4nc(C)[nH]c4c3)c1N)=C2. The largest absolute Gasteiger partial charge is 0.383 e. The van der Waals surface area contributed by atoms with E-state index in [4.69, 9.17) is 5.73 Å². The number of nitrogen functional groups attached to an aromatic ring is 1. The number of hydrogen-bond donors (Lipinski definition) is 2. The minimum absolute atomic E-state index is 0.0690. The molecule has 6 nitrogen and oxygen atoms in total. The van der Waals surface area contributed by atoms with Crippen LogP contribution in [0.15, 0.2) is 42.1 Å². The third-order valence-corrected chi connectivity index (χ3v) is 5.49. The van der Waals surface area contributed by atoms with Crippen molar-refractivity contribution in [2.24, 2.45) is 0 Å². The molecule has 0 aliphatic heterocycles. The summed E-state index contributed by atoms with van der Waals surface area (Å²) >= 11 is 0. The molecule has 1 aliphatic rings. The molecule has 0 radical (unpaired) electrons. The maximum Gasteiger partial charge on any atom is 0.194 e. The van der Waals surface area contributed by atoms with Gasteiger partial charge in [-0.2, -0.15) is 5.10 Å². The lowest BCUT2D eigenvalue weighted by atomic mass is 10.0. The number of allylic oxidation sites excluding steroid dienone is 1. The molecule has 0 spiro atoms. The average Bonchev–Trinajstić information content (AvgIpc) is 3.36. The lowest BCUT2D eigenvalue weighted by molar-refractivity contribution is 0.103. The summed E-state index contributed by atoms with van der Waals surface area (Å²) in [6, 6.07) is 10.0. The highest BCUT2D eigenvalue weighted by Crippen LogP contribution is 2.32. The zero-order valence-corrected chi connectivity index (χ0v) is 16.6. The van der Waals surface area contributed by atoms with Crippen LogP contribution in [-0.2, 0) is 6.42 Å². The Morgan fingerprint density at radius 1 is 1.17 bits per heavy atom. The maximum atomic E-state index is 13.2. The first kappa shape index (κ1) is 17.4. The van der Waals surface area contributed by atoms with Crippen LogP contribution in [0.5, 0.6) is 0 Å². The molecule has 0 bridgehead atoms. The first-order chi connectivity index (χ1) is 13.9. The van der Waals surface area contributed by atoms with Crippen LogP contribution in [0.3, 0.4) is 0 Å². The summed E-state index contributed by atoms with van der Waals surface area (Å²) in [5.74, 6) is 1.12. The van der Waals surface area contributed by atoms with E-state index >= 15 is 0 Å². The van der Waals surface area contributed by atoms with Crippen molar-refractivity contribution >= 4 is 28.7 Å². The number of aryl methyl sites for hydroxylation is 3. The third kappa shape index (κ3) is 2.76. The van der Waals surface area contributed by atoms with Gasteiger partial charge in [-0.05, 0) is 61.7 Å². The second kappa shape index (κ2) is 6.17. The molecule has 0 unspecified atom stereocenters. The number of nitrogens with one attached hydrogen (secondary N) is 1. The summed E-state index contributed by atoms with van der Waals surface area (Å²) in [5, 5.41) is 4.38. The van der Waals surface area contributed by atoms with Crippen molar-refractivity contribution in [2.75, 3.05) is 5.73 Å². The van der Waals surface area contributed by atoms with Gasteiger partial charge in [0.05, 0.1) is 28.5 Å². The highest BCUT2D eigenvalue weighted by molar-refractivity contribution is 6.15. The van der Waals surface area contributed by atoms with Crippen molar-refractivity contribution in [2.45, 2.75) is 27.2 Å². The predicted molar refractivity (Wildman–Crippen MR) is 114 cm³/mol. The second-order valence-electron chi connectivity index (χ2n) is 7.71. The Bertz CT molecular complexity index is 1340. The van der Waals surface area contributed by atoms with Crippen molar-refractivity contribution < 1.29 is 4.79 Å². The Hall–Kier alpha value is -3.67. The van der Waals surface area contributed by atoms with Gasteiger partial charge in [-0.3, -0.25) is 4.79 Å². The lowest BCUT2D eigenvalue weighted by Crippen LogP contribution is -2.08. The molecule has 0 amide bonds. The van der Waals surface area contributed by atoms with Crippen LogP contribution in [0.2, 0.25) is 0 Å². The molecule has 4 aromatic rings. The summed E-state index contributed by atoms with van der Waals surface area (Å²) in [6.45, 7) is 6.07. The molecule has 1 aliphatic carbocycles. The Balaban J connectivity index is 1.50. The molecule has 3 N–H and O–H groups in total. The Morgan fingerprint density at radius 3 is 2.83 bits per heavy atom. The fourth-order valence-corrected chi connectivity index (χ4v) is 4.16. The summed E-state index contributed by atoms with van der Waals surface area (Å²) in [4.78, 5) is 20.8. The standard InChI is InChI=1S/C23H21N5O/c1-12-6-13(2)18-9-16(8-15(18)7-12)22(29)19-11-25-28(23(19)24)17-4-5-20-21(10-17)27-14(3)26-20/h4-7,9-11H,8,24H2,1-3H3,(H,26,27). The molecule has 2 aromatic heterocycles. The van der Waals surface area contributed by atoms with E-state index < -0.39 is 0 Å². The van der Waals surface area contributed by atoms with Gasteiger partial charge >= 0.3 is 0 Å². The first-order valence-electron chi connectivity index (χ1n) is 9.56. The number of fused-ring (bicyclic) bond motifs is 2. The number of carbonyl (C=O) groups excluding carboxylic acids is 1. The summed E-state index contributed by atoms with van der Waals surface area (Å²) in [7, 11) is 0. The zero-order valence-electron chi connectivity index (χ0n) is 16.6. The van der Waals surface area contributed by atoms with E-state index in [2.05, 4.69) is 41.0 Å². The fourth-order valence-electron chi connectivity index (χ4n) is 4.16. The summed E-state index contributed by atoms with van der Waals surface area (Å²) in [5.41, 5.74) is 14.8. The Morgan fingerprint density at radius 2 is 2.00 bits per heavy atom. The van der Waals surface area contributed by atoms with E-state index in [0.29, 0.717) is 17.8 Å². The molecular weight excluding hydrogens is 362 g/mol. The minimum atomic E-state index is -0.0690. The number of Topliss-reactive ketones (excluding diaryl/α,β-unsaturated/α-hetero) is 1. The van der Waals surface area contributed by atoms with Gasteiger partial charge in [-0.25, -0.2) is 9.67 Å². The van der Waals surface area contributed by atoms with Gasteiger partial charge in [-0.1, -0.05) is 17.7 Å². The highest BCUT2D eigenvalue weighted by atomic mass is 16.1. The van der Waals surface area contributed by atoms with Gasteiger partial charge in [-0.15, -0.1) is 0 Å². The van der Waals surface area contributed by atoms with Crippen LogP contribution in [0, 0.1) is 20.8 Å². The van der Waals surface area contributed by atoms with Gasteiger partial charge in [0.1, 0.15) is 11.6 Å². The number of aromatic nitrogens is 4. The number of nitrogens with two attached hydrogens (primary N) is 1. The third-order valence-electron chi connectivity index (χ3n) is 5.49. The van der Waals surface area contributed by atoms with Crippen LogP contribution in [-0.4, -0.2) is 25.5 Å². The molecule has 0 saturated heterocycles. The van der Waals surface area contributed by atoms with E-state index in [0.717, 1.165) is 33.7 Å². The smallest absolute Gasteiger partial charge is 0.194 e. The van der Waals surface area contributed by atoms with Crippen molar-refractivity contribution in [3.05, 3.63) is 75.7 Å². The first-order valence-corrected chi connectivity index (χ1v) is 9.56. The van der Waals surface area contributed by atoms with Crippen LogP contribution < -0.4 is 5.73 Å². The minimum Gasteiger partial charge on any atom is -0.383 e. The topological polar surface area (TPSA) is 89.6 Å². The summed E-state index contributed by atoms with van der Waals surface area (Å²) < 4.78 is 1.60. The number of imidazole rings is 1. The molecule has 6 heteroatoms. The van der Waals surface area contributed by atoms with E-state index in [1.807, 2.05) is 31.2 Å². The van der Waals surface area contributed by atoms with Gasteiger partial charge in [0.15, 0.2) is 5.78 Å². The normalized spacial score (nSPS) is 13.0. The van der Waals surface area contributed by atoms with Crippen molar-refractivity contribution in [1.29, 1.82) is 0 Å². The van der Waals surface area contributed by atoms with Gasteiger partial charge in [0, 0.05) is 12.0 Å². The van der Waals surface area contributed by atoms with E-state index in [1.54, 1.807) is 10.9 Å². The lowest BCUT2D eigenvalue weighted by Gasteiger charge is -2.06. The molecule has 29 heavy (non-hydrogen) atoms. The molecule has 0 saturated carbocycles. The zero-order chi connectivity index (χ0) is 20.3. The van der Waals surface area contributed by atoms with Gasteiger partial charge < -0.3 is 10.7 Å². The maximum absolute atomic E-state index is 13.2. The summed E-state index contributed by atoms with van der Waals surface area (Å²) in [6.07, 6.45) is 4.17. The van der Waals surface area contributed by atoms with E-state index in [9.17, 15) is 4.79 Å². The number of ketones is 1. The molecule has 5 rings (SSSR count). The molecular formula is C23H21N5O. The number of rotatable bonds is 3. The molecule has 144 valence electrons. The second-order valence-corrected chi connectivity index (χ2v) is 7.71. The number of hydrogen-bond acceptors (Lipinski definition) is 4. The van der Waals surface area contributed by atoms with E-state index in [1.165, 1.54) is 16.7 Å². The average molecular weight is 383 g/mol. The molecule has 2 aromatic carbocycles. The molecule has 0 fully saturated rings. The van der Waals surface area contributed by atoms with Gasteiger partial charge in [0.25, 0.3) is 0 Å². The Labute approximate surface area is 168 Å². The quantitative estimate of drug-likeness (QED) is 0.522. The number of aromatic amines is 1. The number of benzene rings is 2. The molecule has 0 atom stereocenters. The number of carbonyl (C=O) groups is 1. The van der Waals surface area contributed by atoms with Crippen molar-refractivity contribution in [3.8, 4) is 5.69 Å². The fraction of sp³-hybridized carbons (Fsp3) is 0.174. The monoisotopic (exact) mass is 383 g/mol. The highest BCUT2D eigenvalue weighted by Gasteiger charge is 2.25. The number of nitrogens with zero attached hydrogens (tertiary/aromatic N) is 3. The van der Waals surface area contributed by atoms with Crippen LogP contribution in [0.1, 0.15) is 38.4 Å². The van der Waals surface area contributed by atoms with E-state index in [-0.39, 0.29) is 5.78 Å². The van der Waals surface area contributed by atoms with Crippen LogP contribution >= 0.6 is 0 Å². The van der Waals surface area contributed by atoms with Gasteiger partial charge in [0.2, 0.25) is 0 Å². The van der Waals surface area contributed by atoms with Crippen molar-refractivity contribution in [1.82, 2.24) is 19.7 Å². The number of anilines is 1. The molecule has 2 heterocycles. The van der Waals surface area contributed by atoms with Crippen molar-refractivity contribution in [3.63, 3.8) is 0 Å². The predicted octanol–water partition coefficient (Wildman–Crippen LogP) is 4.08. The van der Waals surface area contributed by atoms with Crippen LogP contribution in [0.25, 0.3) is 22.8 Å².